The molecule has 0 bridgehead atoms. The van der Waals surface area contributed by atoms with Gasteiger partial charge in [0, 0.05) is 6.04 Å². The van der Waals surface area contributed by atoms with Gasteiger partial charge in [0.2, 0.25) is 0 Å². The second-order valence-corrected chi connectivity index (χ2v) is 5.09. The highest BCUT2D eigenvalue weighted by molar-refractivity contribution is 5.64. The van der Waals surface area contributed by atoms with E-state index in [4.69, 9.17) is 4.74 Å². The zero-order chi connectivity index (χ0) is 14.5. The van der Waals surface area contributed by atoms with Crippen LogP contribution in [-0.4, -0.2) is 42.6 Å². The summed E-state index contributed by atoms with van der Waals surface area (Å²) in [6.07, 6.45) is 2.00. The Hall–Kier alpha value is -1.82. The highest BCUT2D eigenvalue weighted by Crippen LogP contribution is 2.30. The zero-order valence-electron chi connectivity index (χ0n) is 12.0. The van der Waals surface area contributed by atoms with Crippen LogP contribution in [0.2, 0.25) is 0 Å². The van der Waals surface area contributed by atoms with Crippen molar-refractivity contribution >= 4 is 11.4 Å². The average Bonchev–Trinajstić information content (AvgIpc) is 2.43. The lowest BCUT2D eigenvalue weighted by Gasteiger charge is -2.30. The van der Waals surface area contributed by atoms with E-state index in [9.17, 15) is 10.1 Å². The van der Waals surface area contributed by atoms with Crippen LogP contribution in [0.5, 0.6) is 5.75 Å². The number of nitrogens with one attached hydrogen (secondary N) is 1. The van der Waals surface area contributed by atoms with E-state index >= 15 is 0 Å². The predicted octanol–water partition coefficient (Wildman–Crippen LogP) is 2.50. The van der Waals surface area contributed by atoms with Gasteiger partial charge in [0.25, 0.3) is 5.69 Å². The standard InChI is InChI=1S/C14H21N3O3/c1-3-20-12-4-5-13(14(10-12)17(18)19)15-11-6-8-16(2)9-7-11/h4-5,10-11,15H,3,6-9H2,1-2H3. The van der Waals surface area contributed by atoms with E-state index in [0.29, 0.717) is 24.1 Å². The number of nitro benzene ring substituents is 1. The molecule has 1 N–H and O–H groups in total. The van der Waals surface area contributed by atoms with Gasteiger partial charge >= 0.3 is 0 Å². The van der Waals surface area contributed by atoms with Crippen LogP contribution in [-0.2, 0) is 0 Å². The molecule has 6 nitrogen and oxygen atoms in total. The highest BCUT2D eigenvalue weighted by atomic mass is 16.6. The number of ether oxygens (including phenoxy) is 1. The minimum absolute atomic E-state index is 0.0786. The summed E-state index contributed by atoms with van der Waals surface area (Å²) in [6.45, 7) is 4.39. The molecule has 110 valence electrons. The Bertz CT molecular complexity index is 471. The maximum atomic E-state index is 11.2. The number of piperidine rings is 1. The second-order valence-electron chi connectivity index (χ2n) is 5.09. The van der Waals surface area contributed by atoms with Crippen LogP contribution < -0.4 is 10.1 Å². The zero-order valence-corrected chi connectivity index (χ0v) is 12.0. The van der Waals surface area contributed by atoms with Crippen molar-refractivity contribution in [1.82, 2.24) is 4.90 Å². The van der Waals surface area contributed by atoms with Crippen molar-refractivity contribution in [3.63, 3.8) is 0 Å². The third-order valence-corrected chi connectivity index (χ3v) is 3.56. The third kappa shape index (κ3) is 3.60. The summed E-state index contributed by atoms with van der Waals surface area (Å²) in [7, 11) is 2.09. The molecule has 0 atom stereocenters. The molecule has 1 fully saturated rings. The highest BCUT2D eigenvalue weighted by Gasteiger charge is 2.21. The Balaban J connectivity index is 2.12. The number of hydrogen-bond donors (Lipinski definition) is 1. The van der Waals surface area contributed by atoms with Gasteiger partial charge in [-0.1, -0.05) is 0 Å². The summed E-state index contributed by atoms with van der Waals surface area (Å²) in [5.74, 6) is 0.535. The maximum absolute atomic E-state index is 11.2. The number of anilines is 1. The fourth-order valence-electron chi connectivity index (χ4n) is 2.41. The summed E-state index contributed by atoms with van der Waals surface area (Å²) in [5.41, 5.74) is 0.655. The van der Waals surface area contributed by atoms with Gasteiger partial charge < -0.3 is 15.0 Å². The van der Waals surface area contributed by atoms with Crippen LogP contribution >= 0.6 is 0 Å². The number of likely N-dealkylation sites (tertiary alicyclic amines) is 1. The van der Waals surface area contributed by atoms with Crippen molar-refractivity contribution in [2.24, 2.45) is 0 Å². The number of rotatable bonds is 5. The molecule has 0 amide bonds. The van der Waals surface area contributed by atoms with Crippen molar-refractivity contribution in [2.75, 3.05) is 32.1 Å². The Morgan fingerprint density at radius 2 is 2.15 bits per heavy atom. The second kappa shape index (κ2) is 6.56. The normalized spacial score (nSPS) is 16.9. The fraction of sp³-hybridized carbons (Fsp3) is 0.571. The SMILES string of the molecule is CCOc1ccc(NC2CCN(C)CC2)c([N+](=O)[O-])c1. The molecule has 0 aliphatic carbocycles. The fourth-order valence-corrected chi connectivity index (χ4v) is 2.41. The van der Waals surface area contributed by atoms with Gasteiger partial charge in [-0.05, 0) is 52.0 Å². The number of hydrogen-bond acceptors (Lipinski definition) is 5. The van der Waals surface area contributed by atoms with Gasteiger partial charge in [-0.15, -0.1) is 0 Å². The molecule has 1 aliphatic rings. The molecule has 20 heavy (non-hydrogen) atoms. The molecular formula is C14H21N3O3. The monoisotopic (exact) mass is 279 g/mol. The van der Waals surface area contributed by atoms with Crippen molar-refractivity contribution in [2.45, 2.75) is 25.8 Å². The van der Waals surface area contributed by atoms with E-state index in [-0.39, 0.29) is 10.6 Å². The van der Waals surface area contributed by atoms with Crippen molar-refractivity contribution < 1.29 is 9.66 Å². The first-order valence-electron chi connectivity index (χ1n) is 6.96. The number of nitro groups is 1. The van der Waals surface area contributed by atoms with Crippen LogP contribution in [0, 0.1) is 10.1 Å². The van der Waals surface area contributed by atoms with Crippen LogP contribution in [0.1, 0.15) is 19.8 Å². The van der Waals surface area contributed by atoms with Gasteiger partial charge in [0.1, 0.15) is 11.4 Å². The summed E-state index contributed by atoms with van der Waals surface area (Å²) < 4.78 is 5.32. The van der Waals surface area contributed by atoms with Crippen molar-refractivity contribution in [1.29, 1.82) is 0 Å². The summed E-state index contributed by atoms with van der Waals surface area (Å²) in [6, 6.07) is 5.29. The lowest BCUT2D eigenvalue weighted by atomic mass is 10.0. The van der Waals surface area contributed by atoms with Gasteiger partial charge in [-0.2, -0.15) is 0 Å². The van der Waals surface area contributed by atoms with Gasteiger partial charge in [-0.3, -0.25) is 10.1 Å². The Labute approximate surface area is 118 Å². The Kier molecular flexibility index (Phi) is 4.79. The number of nitrogens with zero attached hydrogens (tertiary/aromatic N) is 2. The molecule has 0 radical (unpaired) electrons. The molecule has 2 rings (SSSR count). The Morgan fingerprint density at radius 3 is 2.75 bits per heavy atom. The minimum atomic E-state index is -0.361. The third-order valence-electron chi connectivity index (χ3n) is 3.56. The quantitative estimate of drug-likeness (QED) is 0.662. The molecule has 1 saturated heterocycles. The van der Waals surface area contributed by atoms with Crippen LogP contribution in [0.3, 0.4) is 0 Å². The largest absolute Gasteiger partial charge is 0.494 e. The summed E-state index contributed by atoms with van der Waals surface area (Å²) in [5, 5.41) is 14.5. The molecule has 1 aliphatic heterocycles. The van der Waals surface area contributed by atoms with E-state index in [1.807, 2.05) is 6.92 Å². The molecule has 1 heterocycles. The smallest absolute Gasteiger partial charge is 0.296 e. The van der Waals surface area contributed by atoms with E-state index < -0.39 is 0 Å². The van der Waals surface area contributed by atoms with E-state index in [1.165, 1.54) is 6.07 Å². The molecular weight excluding hydrogens is 258 g/mol. The predicted molar refractivity (Wildman–Crippen MR) is 78.4 cm³/mol. The molecule has 0 spiro atoms. The Morgan fingerprint density at radius 1 is 1.45 bits per heavy atom. The first-order valence-corrected chi connectivity index (χ1v) is 6.96. The van der Waals surface area contributed by atoms with Gasteiger partial charge in [0.05, 0.1) is 17.6 Å². The van der Waals surface area contributed by atoms with Crippen LogP contribution in [0.4, 0.5) is 11.4 Å². The molecule has 6 heteroatoms. The average molecular weight is 279 g/mol. The first kappa shape index (κ1) is 14.6. The van der Waals surface area contributed by atoms with Gasteiger partial charge in [0.15, 0.2) is 0 Å². The first-order chi connectivity index (χ1) is 9.60. The van der Waals surface area contributed by atoms with Crippen LogP contribution in [0.15, 0.2) is 18.2 Å². The lowest BCUT2D eigenvalue weighted by Crippen LogP contribution is -2.36. The van der Waals surface area contributed by atoms with E-state index in [1.54, 1.807) is 12.1 Å². The summed E-state index contributed by atoms with van der Waals surface area (Å²) in [4.78, 5) is 13.1. The summed E-state index contributed by atoms with van der Waals surface area (Å²) >= 11 is 0. The maximum Gasteiger partial charge on any atom is 0.296 e. The molecule has 1 aromatic rings. The van der Waals surface area contributed by atoms with Crippen molar-refractivity contribution in [3.8, 4) is 5.75 Å². The molecule has 0 saturated carbocycles. The molecule has 0 unspecified atom stereocenters. The topological polar surface area (TPSA) is 67.6 Å². The minimum Gasteiger partial charge on any atom is -0.494 e. The lowest BCUT2D eigenvalue weighted by molar-refractivity contribution is -0.384. The van der Waals surface area contributed by atoms with Crippen molar-refractivity contribution in [3.05, 3.63) is 28.3 Å². The molecule has 1 aromatic carbocycles. The van der Waals surface area contributed by atoms with Crippen LogP contribution in [0.25, 0.3) is 0 Å². The van der Waals surface area contributed by atoms with E-state index in [2.05, 4.69) is 17.3 Å². The van der Waals surface area contributed by atoms with E-state index in [0.717, 1.165) is 25.9 Å². The van der Waals surface area contributed by atoms with Gasteiger partial charge in [-0.25, -0.2) is 0 Å². The molecule has 0 aromatic heterocycles. The number of benzene rings is 1.